The molecule has 1 aromatic carbocycles. The van der Waals surface area contributed by atoms with E-state index in [1.54, 1.807) is 4.90 Å². The maximum absolute atomic E-state index is 13.5. The van der Waals surface area contributed by atoms with Crippen molar-refractivity contribution in [1.82, 2.24) is 4.90 Å². The zero-order valence-corrected chi connectivity index (χ0v) is 10.6. The number of carbonyl (C=O) groups excluding carboxylic acids is 1. The zero-order valence-electron chi connectivity index (χ0n) is 10.6. The Balaban J connectivity index is 2.10. The smallest absolute Gasteiger partial charge is 0.304 e. The Hall–Kier alpha value is -1.98. The Labute approximate surface area is 110 Å². The van der Waals surface area contributed by atoms with Gasteiger partial charge in [-0.2, -0.15) is 4.39 Å². The fourth-order valence-electron chi connectivity index (χ4n) is 2.30. The molecule has 0 saturated carbocycles. The van der Waals surface area contributed by atoms with Crippen molar-refractivity contribution in [2.24, 2.45) is 5.92 Å². The van der Waals surface area contributed by atoms with Crippen LogP contribution in [0.3, 0.4) is 0 Å². The monoisotopic (exact) mass is 266 g/mol. The number of nitrogens with zero attached hydrogens (tertiary/aromatic N) is 2. The number of rotatable bonds is 4. The Morgan fingerprint density at radius 3 is 2.79 bits per heavy atom. The van der Waals surface area contributed by atoms with E-state index >= 15 is 0 Å². The van der Waals surface area contributed by atoms with Crippen molar-refractivity contribution in [3.8, 4) is 0 Å². The van der Waals surface area contributed by atoms with E-state index in [0.29, 0.717) is 31.0 Å². The third kappa shape index (κ3) is 2.89. The maximum Gasteiger partial charge on any atom is 0.304 e. The van der Waals surface area contributed by atoms with Gasteiger partial charge in [0, 0.05) is 25.6 Å². The highest BCUT2D eigenvalue weighted by molar-refractivity contribution is 5.78. The summed E-state index contributed by atoms with van der Waals surface area (Å²) in [5.41, 5.74) is 0.0381. The van der Waals surface area contributed by atoms with Gasteiger partial charge in [0.15, 0.2) is 0 Å². The second-order valence-corrected chi connectivity index (χ2v) is 4.80. The Morgan fingerprint density at radius 1 is 1.53 bits per heavy atom. The molecule has 1 aromatic rings. The zero-order chi connectivity index (χ0) is 14.0. The van der Waals surface area contributed by atoms with E-state index < -0.39 is 16.4 Å². The van der Waals surface area contributed by atoms with Gasteiger partial charge in [-0.05, 0) is 17.5 Å². The normalized spacial score (nSPS) is 18.9. The molecule has 0 aromatic heterocycles. The van der Waals surface area contributed by atoms with E-state index in [1.165, 1.54) is 6.07 Å². The van der Waals surface area contributed by atoms with Crippen LogP contribution in [0.15, 0.2) is 18.2 Å². The van der Waals surface area contributed by atoms with Crippen LogP contribution in [0.25, 0.3) is 0 Å². The van der Waals surface area contributed by atoms with E-state index in [0.717, 1.165) is 18.6 Å². The number of nitro benzene ring substituents is 1. The molecule has 1 aliphatic heterocycles. The van der Waals surface area contributed by atoms with E-state index in [4.69, 9.17) is 0 Å². The molecule has 1 fully saturated rings. The molecule has 0 spiro atoms. The first-order valence-corrected chi connectivity index (χ1v) is 6.21. The van der Waals surface area contributed by atoms with Gasteiger partial charge in [0.1, 0.15) is 0 Å². The summed E-state index contributed by atoms with van der Waals surface area (Å²) in [5.74, 6) is -0.442. The van der Waals surface area contributed by atoms with Gasteiger partial charge in [-0.3, -0.25) is 14.9 Å². The summed E-state index contributed by atoms with van der Waals surface area (Å²) in [6.45, 7) is 3.02. The average Bonchev–Trinajstić information content (AvgIpc) is 2.70. The van der Waals surface area contributed by atoms with E-state index in [9.17, 15) is 19.3 Å². The molecule has 1 saturated heterocycles. The Morgan fingerprint density at radius 2 is 2.26 bits per heavy atom. The molecular weight excluding hydrogens is 251 g/mol. The van der Waals surface area contributed by atoms with Gasteiger partial charge in [0.25, 0.3) is 0 Å². The van der Waals surface area contributed by atoms with Crippen molar-refractivity contribution in [3.05, 3.63) is 39.7 Å². The van der Waals surface area contributed by atoms with Crippen LogP contribution < -0.4 is 0 Å². The Kier molecular flexibility index (Phi) is 3.78. The van der Waals surface area contributed by atoms with Crippen molar-refractivity contribution in [1.29, 1.82) is 0 Å². The summed E-state index contributed by atoms with van der Waals surface area (Å²) in [5, 5.41) is 10.5. The standard InChI is InChI=1S/C13H15FN2O3/c1-2-9-6-13(17)15(7-9)8-10-3-4-12(16(18)19)11(14)5-10/h3-5,9H,2,6-8H2,1H3. The van der Waals surface area contributed by atoms with Crippen LogP contribution in [0.5, 0.6) is 0 Å². The van der Waals surface area contributed by atoms with Crippen molar-refractivity contribution in [2.45, 2.75) is 26.3 Å². The first-order chi connectivity index (χ1) is 9.01. The predicted molar refractivity (Wildman–Crippen MR) is 66.9 cm³/mol. The van der Waals surface area contributed by atoms with Crippen LogP contribution >= 0.6 is 0 Å². The minimum atomic E-state index is -0.860. The van der Waals surface area contributed by atoms with Gasteiger partial charge in [0.2, 0.25) is 11.7 Å². The Bertz CT molecular complexity index is 519. The average molecular weight is 266 g/mol. The SMILES string of the molecule is CCC1CC(=O)N(Cc2ccc([N+](=O)[O-])c(F)c2)C1. The molecule has 0 bridgehead atoms. The summed E-state index contributed by atoms with van der Waals surface area (Å²) < 4.78 is 13.5. The van der Waals surface area contributed by atoms with E-state index in [-0.39, 0.29) is 5.91 Å². The number of halogens is 1. The van der Waals surface area contributed by atoms with Gasteiger partial charge < -0.3 is 4.90 Å². The lowest BCUT2D eigenvalue weighted by Gasteiger charge is -2.16. The van der Waals surface area contributed by atoms with E-state index in [2.05, 4.69) is 0 Å². The molecule has 5 nitrogen and oxygen atoms in total. The summed E-state index contributed by atoms with van der Waals surface area (Å²) in [6, 6.07) is 3.76. The molecule has 0 N–H and O–H groups in total. The van der Waals surface area contributed by atoms with Gasteiger partial charge >= 0.3 is 5.69 Å². The van der Waals surface area contributed by atoms with Crippen LogP contribution in [0.4, 0.5) is 10.1 Å². The van der Waals surface area contributed by atoms with Crippen molar-refractivity contribution < 1.29 is 14.1 Å². The minimum absolute atomic E-state index is 0.0608. The highest BCUT2D eigenvalue weighted by Crippen LogP contribution is 2.24. The van der Waals surface area contributed by atoms with Gasteiger partial charge in [-0.15, -0.1) is 0 Å². The fraction of sp³-hybridized carbons (Fsp3) is 0.462. The van der Waals surface area contributed by atoms with Crippen molar-refractivity contribution >= 4 is 11.6 Å². The molecule has 6 heteroatoms. The van der Waals surface area contributed by atoms with Crippen molar-refractivity contribution in [2.75, 3.05) is 6.54 Å². The molecule has 0 aliphatic carbocycles. The number of benzene rings is 1. The van der Waals surface area contributed by atoms with Gasteiger partial charge in [-0.1, -0.05) is 19.4 Å². The lowest BCUT2D eigenvalue weighted by molar-refractivity contribution is -0.387. The summed E-state index contributed by atoms with van der Waals surface area (Å²) in [4.78, 5) is 23.2. The molecular formula is C13H15FN2O3. The lowest BCUT2D eigenvalue weighted by atomic mass is 10.1. The maximum atomic E-state index is 13.5. The summed E-state index contributed by atoms with van der Waals surface area (Å²) in [7, 11) is 0. The molecule has 1 unspecified atom stereocenters. The molecule has 1 aliphatic rings. The predicted octanol–water partition coefficient (Wildman–Crippen LogP) is 2.49. The molecule has 0 radical (unpaired) electrons. The number of carbonyl (C=O) groups is 1. The fourth-order valence-corrected chi connectivity index (χ4v) is 2.30. The molecule has 102 valence electrons. The molecule has 2 rings (SSSR count). The molecule has 1 heterocycles. The van der Waals surface area contributed by atoms with Crippen LogP contribution in [-0.2, 0) is 11.3 Å². The number of nitro groups is 1. The first kappa shape index (κ1) is 13.5. The van der Waals surface area contributed by atoms with Crippen LogP contribution in [0.1, 0.15) is 25.3 Å². The largest absolute Gasteiger partial charge is 0.338 e. The second kappa shape index (κ2) is 5.34. The summed E-state index contributed by atoms with van der Waals surface area (Å²) in [6.07, 6.45) is 1.48. The molecule has 1 atom stereocenters. The van der Waals surface area contributed by atoms with Crippen LogP contribution in [-0.4, -0.2) is 22.3 Å². The number of hydrogen-bond donors (Lipinski definition) is 0. The number of likely N-dealkylation sites (tertiary alicyclic amines) is 1. The first-order valence-electron chi connectivity index (χ1n) is 6.21. The number of amides is 1. The topological polar surface area (TPSA) is 63.5 Å². The van der Waals surface area contributed by atoms with E-state index in [1.807, 2.05) is 6.92 Å². The summed E-state index contributed by atoms with van der Waals surface area (Å²) >= 11 is 0. The highest BCUT2D eigenvalue weighted by Gasteiger charge is 2.28. The van der Waals surface area contributed by atoms with Crippen LogP contribution in [0.2, 0.25) is 0 Å². The molecule has 19 heavy (non-hydrogen) atoms. The minimum Gasteiger partial charge on any atom is -0.338 e. The quantitative estimate of drug-likeness (QED) is 0.621. The third-order valence-electron chi connectivity index (χ3n) is 3.45. The lowest BCUT2D eigenvalue weighted by Crippen LogP contribution is -2.24. The third-order valence-corrected chi connectivity index (χ3v) is 3.45. The molecule has 1 amide bonds. The van der Waals surface area contributed by atoms with Crippen LogP contribution in [0, 0.1) is 21.8 Å². The highest BCUT2D eigenvalue weighted by atomic mass is 19.1. The number of hydrogen-bond acceptors (Lipinski definition) is 3. The van der Waals surface area contributed by atoms with Gasteiger partial charge in [-0.25, -0.2) is 0 Å². The van der Waals surface area contributed by atoms with Gasteiger partial charge in [0.05, 0.1) is 4.92 Å². The van der Waals surface area contributed by atoms with Crippen molar-refractivity contribution in [3.63, 3.8) is 0 Å². The second-order valence-electron chi connectivity index (χ2n) is 4.80.